The van der Waals surface area contributed by atoms with Crippen molar-refractivity contribution in [1.82, 2.24) is 14.9 Å². The predicted octanol–water partition coefficient (Wildman–Crippen LogP) is 3.97. The molecule has 0 radical (unpaired) electrons. The van der Waals surface area contributed by atoms with Gasteiger partial charge in [0.05, 0.1) is 10.6 Å². The summed E-state index contributed by atoms with van der Waals surface area (Å²) in [5.41, 5.74) is 0.662. The van der Waals surface area contributed by atoms with E-state index in [0.29, 0.717) is 17.2 Å². The van der Waals surface area contributed by atoms with Crippen molar-refractivity contribution < 1.29 is 22.8 Å². The van der Waals surface area contributed by atoms with Crippen LogP contribution >= 0.6 is 23.5 Å². The zero-order chi connectivity index (χ0) is 23.4. The molecule has 3 aromatic rings. The number of aromatic nitrogens is 2. The highest BCUT2D eigenvalue weighted by Gasteiger charge is 2.39. The Hall–Kier alpha value is -2.34. The topological polar surface area (TPSA) is 122 Å². The molecule has 0 aliphatic carbocycles. The summed E-state index contributed by atoms with van der Waals surface area (Å²) in [7, 11) is -4.05. The number of nitrogens with one attached hydrogen (secondary N) is 1. The first-order valence-corrected chi connectivity index (χ1v) is 12.8. The maximum Gasteiger partial charge on any atom is 0.323 e. The van der Waals surface area contributed by atoms with Crippen LogP contribution in [0.3, 0.4) is 0 Å². The van der Waals surface area contributed by atoms with Gasteiger partial charge >= 0.3 is 5.97 Å². The monoisotopic (exact) mass is 493 g/mol. The minimum Gasteiger partial charge on any atom is -0.480 e. The molecule has 0 fully saturated rings. The van der Waals surface area contributed by atoms with E-state index < -0.39 is 26.8 Å². The number of aliphatic carboxylic acids is 1. The maximum atomic E-state index is 12.9. The fourth-order valence-electron chi connectivity index (χ4n) is 2.77. The number of hydrogen-bond acceptors (Lipinski definition) is 8. The van der Waals surface area contributed by atoms with Crippen LogP contribution in [0.4, 0.5) is 0 Å². The van der Waals surface area contributed by atoms with Crippen LogP contribution in [0.15, 0.2) is 74.1 Å². The highest BCUT2D eigenvalue weighted by molar-refractivity contribution is 8.00. The van der Waals surface area contributed by atoms with Gasteiger partial charge in [-0.15, -0.1) is 11.8 Å². The van der Waals surface area contributed by atoms with Gasteiger partial charge in [0, 0.05) is 38.8 Å². The van der Waals surface area contributed by atoms with Gasteiger partial charge < -0.3 is 9.63 Å². The Morgan fingerprint density at radius 2 is 1.78 bits per heavy atom. The minimum atomic E-state index is -4.05. The van der Waals surface area contributed by atoms with Crippen LogP contribution in [0, 0.1) is 6.92 Å². The lowest BCUT2D eigenvalue weighted by atomic mass is 10.1. The summed E-state index contributed by atoms with van der Waals surface area (Å²) in [6.45, 7) is 5.13. The largest absolute Gasteiger partial charge is 0.480 e. The van der Waals surface area contributed by atoms with Crippen LogP contribution in [0.1, 0.15) is 25.3 Å². The summed E-state index contributed by atoms with van der Waals surface area (Å²) in [6.07, 6.45) is 3.36. The summed E-state index contributed by atoms with van der Waals surface area (Å²) in [5.74, 6) is -0.219. The molecule has 1 aromatic carbocycles. The van der Waals surface area contributed by atoms with Crippen LogP contribution in [-0.4, -0.2) is 40.4 Å². The first kappa shape index (κ1) is 24.3. The van der Waals surface area contributed by atoms with Gasteiger partial charge in [-0.2, -0.15) is 4.72 Å². The lowest BCUT2D eigenvalue weighted by Crippen LogP contribution is -2.52. The molecule has 0 aliphatic heterocycles. The molecule has 2 aromatic heterocycles. The molecule has 8 nitrogen and oxygen atoms in total. The summed E-state index contributed by atoms with van der Waals surface area (Å²) < 4.78 is 32.3. The van der Waals surface area contributed by atoms with Gasteiger partial charge in [-0.3, -0.25) is 9.78 Å². The van der Waals surface area contributed by atoms with E-state index in [1.165, 1.54) is 35.7 Å². The second kappa shape index (κ2) is 10.1. The van der Waals surface area contributed by atoms with Crippen LogP contribution in [0.25, 0.3) is 0 Å². The number of thioether (sulfide) groups is 1. The van der Waals surface area contributed by atoms with Crippen molar-refractivity contribution in [3.8, 4) is 0 Å². The van der Waals surface area contributed by atoms with E-state index in [0.717, 1.165) is 9.79 Å². The molecule has 0 unspecified atom stereocenters. The fraction of sp³-hybridized carbons (Fsp3) is 0.286. The molecule has 0 saturated carbocycles. The van der Waals surface area contributed by atoms with Crippen molar-refractivity contribution in [1.29, 1.82) is 0 Å². The number of aryl methyl sites for hydroxylation is 1. The second-order valence-corrected chi connectivity index (χ2v) is 12.0. The first-order valence-electron chi connectivity index (χ1n) is 9.56. The lowest BCUT2D eigenvalue weighted by Gasteiger charge is -2.31. The van der Waals surface area contributed by atoms with E-state index in [1.54, 1.807) is 51.4 Å². The predicted molar refractivity (Wildman–Crippen MR) is 123 cm³/mol. The number of rotatable bonds is 10. The normalized spacial score (nSPS) is 13.1. The van der Waals surface area contributed by atoms with Crippen molar-refractivity contribution in [2.75, 3.05) is 0 Å². The summed E-state index contributed by atoms with van der Waals surface area (Å²) >= 11 is 2.75. The summed E-state index contributed by atoms with van der Waals surface area (Å²) in [5, 5.41) is 13.6. The number of hydrogen-bond donors (Lipinski definition) is 2. The standard InChI is InChI=1S/C21H23N3O5S3/c1-14-12-15(23-29-14)13-30-21(2,3)19(20(25)26)24-32(27,28)18-6-4-16(5-7-18)31-17-8-10-22-11-9-17/h4-12,19,24H,13H2,1-3H3,(H,25,26)/t19-/m1/s1. The number of carboxylic acid groups (broad SMARTS) is 1. The quantitative estimate of drug-likeness (QED) is 0.432. The van der Waals surface area contributed by atoms with Crippen molar-refractivity contribution in [2.24, 2.45) is 0 Å². The molecule has 0 amide bonds. The van der Waals surface area contributed by atoms with Crippen molar-refractivity contribution in [2.45, 2.75) is 52.0 Å². The third kappa shape index (κ3) is 6.35. The van der Waals surface area contributed by atoms with Crippen LogP contribution in [-0.2, 0) is 20.6 Å². The number of carbonyl (C=O) groups is 1. The highest BCUT2D eigenvalue weighted by Crippen LogP contribution is 2.33. The molecule has 170 valence electrons. The first-order chi connectivity index (χ1) is 15.1. The number of nitrogens with zero attached hydrogens (tertiary/aromatic N) is 2. The Morgan fingerprint density at radius 3 is 2.34 bits per heavy atom. The smallest absolute Gasteiger partial charge is 0.323 e. The Labute approximate surface area is 195 Å². The molecule has 0 saturated heterocycles. The van der Waals surface area contributed by atoms with Crippen LogP contribution in [0.2, 0.25) is 0 Å². The minimum absolute atomic E-state index is 0.00393. The van der Waals surface area contributed by atoms with E-state index in [4.69, 9.17) is 4.52 Å². The van der Waals surface area contributed by atoms with Crippen LogP contribution in [0.5, 0.6) is 0 Å². The van der Waals surface area contributed by atoms with E-state index >= 15 is 0 Å². The van der Waals surface area contributed by atoms with Gasteiger partial charge in [-0.1, -0.05) is 16.9 Å². The molecule has 2 heterocycles. The third-order valence-electron chi connectivity index (χ3n) is 4.50. The van der Waals surface area contributed by atoms with E-state index in [-0.39, 0.29) is 4.90 Å². The molecule has 3 rings (SSSR count). The second-order valence-electron chi connectivity index (χ2n) is 7.47. The molecule has 11 heteroatoms. The van der Waals surface area contributed by atoms with Crippen molar-refractivity contribution in [3.63, 3.8) is 0 Å². The average Bonchev–Trinajstić information content (AvgIpc) is 3.17. The van der Waals surface area contributed by atoms with Gasteiger partial charge in [0.1, 0.15) is 11.8 Å². The third-order valence-corrected chi connectivity index (χ3v) is 8.38. The molecule has 0 spiro atoms. The fourth-order valence-corrected chi connectivity index (χ4v) is 5.97. The molecule has 0 bridgehead atoms. The molecular formula is C21H23N3O5S3. The SMILES string of the molecule is Cc1cc(CSC(C)(C)[C@H](NS(=O)(=O)c2ccc(Sc3ccncc3)cc2)C(=O)O)no1. The molecule has 2 N–H and O–H groups in total. The lowest BCUT2D eigenvalue weighted by molar-refractivity contribution is -0.139. The van der Waals surface area contributed by atoms with E-state index in [1.807, 2.05) is 12.1 Å². The van der Waals surface area contributed by atoms with E-state index in [9.17, 15) is 18.3 Å². The van der Waals surface area contributed by atoms with Crippen molar-refractivity contribution >= 4 is 39.5 Å². The van der Waals surface area contributed by atoms with E-state index in [2.05, 4.69) is 14.9 Å². The van der Waals surface area contributed by atoms with Gasteiger partial charge in [-0.25, -0.2) is 8.42 Å². The average molecular weight is 494 g/mol. The molecule has 0 aliphatic rings. The molecule has 32 heavy (non-hydrogen) atoms. The Morgan fingerprint density at radius 1 is 1.16 bits per heavy atom. The molecule has 1 atom stereocenters. The van der Waals surface area contributed by atoms with Gasteiger partial charge in [0.15, 0.2) is 0 Å². The highest BCUT2D eigenvalue weighted by atomic mass is 32.2. The summed E-state index contributed by atoms with van der Waals surface area (Å²) in [4.78, 5) is 17.7. The van der Waals surface area contributed by atoms with Gasteiger partial charge in [-0.05, 0) is 57.2 Å². The number of pyridine rings is 1. The zero-order valence-electron chi connectivity index (χ0n) is 17.7. The number of sulfonamides is 1. The van der Waals surface area contributed by atoms with Gasteiger partial charge in [0.25, 0.3) is 0 Å². The number of benzene rings is 1. The Kier molecular flexibility index (Phi) is 7.65. The maximum absolute atomic E-state index is 12.9. The van der Waals surface area contributed by atoms with Crippen LogP contribution < -0.4 is 4.72 Å². The summed E-state index contributed by atoms with van der Waals surface area (Å²) in [6, 6.07) is 10.4. The Bertz CT molecular complexity index is 1160. The zero-order valence-corrected chi connectivity index (χ0v) is 20.1. The number of carboxylic acids is 1. The molecular weight excluding hydrogens is 470 g/mol. The van der Waals surface area contributed by atoms with Gasteiger partial charge in [0.2, 0.25) is 10.0 Å². The van der Waals surface area contributed by atoms with Crippen molar-refractivity contribution in [3.05, 3.63) is 66.3 Å². The Balaban J connectivity index is 1.72.